The summed E-state index contributed by atoms with van der Waals surface area (Å²) < 4.78 is 11.9. The Balaban J connectivity index is 1.69. The summed E-state index contributed by atoms with van der Waals surface area (Å²) in [6.07, 6.45) is 5.50. The maximum absolute atomic E-state index is 8.69. The van der Waals surface area contributed by atoms with Gasteiger partial charge in [-0.05, 0) is 37.5 Å². The van der Waals surface area contributed by atoms with Crippen molar-refractivity contribution in [3.63, 3.8) is 0 Å². The molecule has 0 bridgehead atoms. The van der Waals surface area contributed by atoms with E-state index in [0.29, 0.717) is 16.3 Å². The van der Waals surface area contributed by atoms with Crippen molar-refractivity contribution in [1.29, 1.82) is 0 Å². The molecule has 21 heavy (non-hydrogen) atoms. The zero-order chi connectivity index (χ0) is 14.9. The maximum atomic E-state index is 8.69. The van der Waals surface area contributed by atoms with Gasteiger partial charge in [-0.2, -0.15) is 0 Å². The summed E-state index contributed by atoms with van der Waals surface area (Å²) in [5.41, 5.74) is 6.10. The van der Waals surface area contributed by atoms with Gasteiger partial charge in [-0.25, -0.2) is 0 Å². The summed E-state index contributed by atoms with van der Waals surface area (Å²) in [5.74, 6) is 0.696. The van der Waals surface area contributed by atoms with Crippen molar-refractivity contribution in [3.8, 4) is 5.75 Å². The smallest absolute Gasteiger partial charge is 0.171 e. The van der Waals surface area contributed by atoms with Crippen molar-refractivity contribution in [3.05, 3.63) is 28.8 Å². The molecule has 2 aliphatic rings. The summed E-state index contributed by atoms with van der Waals surface area (Å²) in [5, 5.41) is 12.1. The van der Waals surface area contributed by atoms with E-state index in [-0.39, 0.29) is 17.5 Å². The van der Waals surface area contributed by atoms with Gasteiger partial charge in [0.1, 0.15) is 11.9 Å². The number of oxime groups is 1. The van der Waals surface area contributed by atoms with Crippen molar-refractivity contribution in [1.82, 2.24) is 0 Å². The average molecular weight is 311 g/mol. The van der Waals surface area contributed by atoms with Crippen molar-refractivity contribution in [2.45, 2.75) is 43.8 Å². The third-order valence-electron chi connectivity index (χ3n) is 4.34. The second-order valence-corrected chi connectivity index (χ2v) is 6.15. The highest BCUT2D eigenvalue weighted by Crippen LogP contribution is 2.43. The molecular formula is C15H19ClN2O3. The number of hydrogen-bond acceptors (Lipinski definition) is 4. The van der Waals surface area contributed by atoms with Crippen LogP contribution in [0.2, 0.25) is 5.02 Å². The standard InChI is InChI=1S/C15H19ClN2O3/c16-13-8-10(2-3-12(13)14(17)18-19)21-11-4-7-20-15(9-11)5-1-6-15/h2-3,8,11,19H,1,4-7,9H2,(H2,17,18). The summed E-state index contributed by atoms with van der Waals surface area (Å²) in [6.45, 7) is 0.751. The minimum Gasteiger partial charge on any atom is -0.490 e. The largest absolute Gasteiger partial charge is 0.490 e. The highest BCUT2D eigenvalue weighted by molar-refractivity contribution is 6.34. The number of nitrogens with two attached hydrogens (primary N) is 1. The van der Waals surface area contributed by atoms with Gasteiger partial charge < -0.3 is 20.4 Å². The van der Waals surface area contributed by atoms with E-state index in [2.05, 4.69) is 5.16 Å². The van der Waals surface area contributed by atoms with Crippen LogP contribution < -0.4 is 10.5 Å². The second kappa shape index (κ2) is 5.73. The lowest BCUT2D eigenvalue weighted by Gasteiger charge is -2.46. The van der Waals surface area contributed by atoms with Crippen molar-refractivity contribution >= 4 is 17.4 Å². The Kier molecular flexibility index (Phi) is 3.95. The molecule has 1 aromatic rings. The van der Waals surface area contributed by atoms with Gasteiger partial charge in [-0.1, -0.05) is 16.8 Å². The van der Waals surface area contributed by atoms with Crippen molar-refractivity contribution in [2.75, 3.05) is 6.61 Å². The zero-order valence-electron chi connectivity index (χ0n) is 11.7. The Bertz CT molecular complexity index is 558. The highest BCUT2D eigenvalue weighted by Gasteiger charge is 2.43. The first-order valence-corrected chi connectivity index (χ1v) is 7.58. The van der Waals surface area contributed by atoms with Crippen LogP contribution in [0.25, 0.3) is 0 Å². The Hall–Kier alpha value is -1.46. The Morgan fingerprint density at radius 1 is 1.48 bits per heavy atom. The Morgan fingerprint density at radius 3 is 2.90 bits per heavy atom. The van der Waals surface area contributed by atoms with Crippen LogP contribution in [0.4, 0.5) is 0 Å². The van der Waals surface area contributed by atoms with Crippen molar-refractivity contribution < 1.29 is 14.7 Å². The number of benzene rings is 1. The molecule has 6 heteroatoms. The molecule has 1 saturated carbocycles. The van der Waals surface area contributed by atoms with Gasteiger partial charge in [0.15, 0.2) is 5.84 Å². The lowest BCUT2D eigenvalue weighted by Crippen LogP contribution is -2.48. The monoisotopic (exact) mass is 310 g/mol. The fraction of sp³-hybridized carbons (Fsp3) is 0.533. The first-order valence-electron chi connectivity index (χ1n) is 7.20. The average Bonchev–Trinajstić information content (AvgIpc) is 2.45. The molecule has 0 radical (unpaired) electrons. The topological polar surface area (TPSA) is 77.1 Å². The number of hydrogen-bond donors (Lipinski definition) is 2. The highest BCUT2D eigenvalue weighted by atomic mass is 35.5. The first-order chi connectivity index (χ1) is 10.1. The molecule has 1 aliphatic carbocycles. The number of nitrogens with zero attached hydrogens (tertiary/aromatic N) is 1. The number of ether oxygens (including phenoxy) is 2. The van der Waals surface area contributed by atoms with Gasteiger partial charge >= 0.3 is 0 Å². The van der Waals surface area contributed by atoms with Crippen LogP contribution in [0.15, 0.2) is 23.4 Å². The summed E-state index contributed by atoms with van der Waals surface area (Å²) >= 11 is 6.14. The van der Waals surface area contributed by atoms with E-state index in [4.69, 9.17) is 32.0 Å². The van der Waals surface area contributed by atoms with Crippen LogP contribution in [0.5, 0.6) is 5.75 Å². The van der Waals surface area contributed by atoms with E-state index in [1.807, 2.05) is 0 Å². The third kappa shape index (κ3) is 2.94. The third-order valence-corrected chi connectivity index (χ3v) is 4.65. The fourth-order valence-electron chi connectivity index (χ4n) is 3.03. The minimum atomic E-state index is -0.00830. The predicted molar refractivity (Wildman–Crippen MR) is 80.1 cm³/mol. The second-order valence-electron chi connectivity index (χ2n) is 5.74. The van der Waals surface area contributed by atoms with Gasteiger partial charge in [0.25, 0.3) is 0 Å². The molecule has 1 heterocycles. The SMILES string of the molecule is N/C(=N/O)c1ccc(OC2CCOC3(CCC3)C2)cc1Cl. The number of halogens is 1. The quantitative estimate of drug-likeness (QED) is 0.389. The molecule has 0 aromatic heterocycles. The van der Waals surface area contributed by atoms with Gasteiger partial charge in [-0.3, -0.25) is 0 Å². The molecule has 1 spiro atoms. The van der Waals surface area contributed by atoms with Gasteiger partial charge in [-0.15, -0.1) is 0 Å². The number of rotatable bonds is 3. The molecule has 3 rings (SSSR count). The molecule has 2 fully saturated rings. The van der Waals surface area contributed by atoms with E-state index in [9.17, 15) is 0 Å². The fourth-order valence-corrected chi connectivity index (χ4v) is 3.29. The van der Waals surface area contributed by atoms with Crippen LogP contribution in [-0.4, -0.2) is 29.4 Å². The first kappa shape index (κ1) is 14.5. The molecule has 5 nitrogen and oxygen atoms in total. The zero-order valence-corrected chi connectivity index (χ0v) is 12.5. The predicted octanol–water partition coefficient (Wildman–Crippen LogP) is 2.92. The normalized spacial score (nSPS) is 24.6. The van der Waals surface area contributed by atoms with Gasteiger partial charge in [0, 0.05) is 18.4 Å². The minimum absolute atomic E-state index is 0.00830. The van der Waals surface area contributed by atoms with E-state index in [1.165, 1.54) is 6.42 Å². The summed E-state index contributed by atoms with van der Waals surface area (Å²) in [7, 11) is 0. The summed E-state index contributed by atoms with van der Waals surface area (Å²) in [6, 6.07) is 5.20. The van der Waals surface area contributed by atoms with E-state index >= 15 is 0 Å². The van der Waals surface area contributed by atoms with Crippen LogP contribution >= 0.6 is 11.6 Å². The van der Waals surface area contributed by atoms with Gasteiger partial charge in [0.2, 0.25) is 0 Å². The molecule has 3 N–H and O–H groups in total. The van der Waals surface area contributed by atoms with Crippen molar-refractivity contribution in [2.24, 2.45) is 10.9 Å². The Labute approximate surface area is 128 Å². The molecule has 1 aliphatic heterocycles. The lowest BCUT2D eigenvalue weighted by molar-refractivity contribution is -0.153. The summed E-state index contributed by atoms with van der Waals surface area (Å²) in [4.78, 5) is 0. The molecule has 0 amide bonds. The lowest BCUT2D eigenvalue weighted by atomic mass is 9.74. The molecule has 1 atom stereocenters. The van der Waals surface area contributed by atoms with Gasteiger partial charge in [0.05, 0.1) is 17.2 Å². The Morgan fingerprint density at radius 2 is 2.29 bits per heavy atom. The molecule has 1 aromatic carbocycles. The number of amidine groups is 1. The maximum Gasteiger partial charge on any atom is 0.171 e. The van der Waals surface area contributed by atoms with E-state index in [1.54, 1.807) is 18.2 Å². The van der Waals surface area contributed by atoms with Crippen LogP contribution in [0.3, 0.4) is 0 Å². The van der Waals surface area contributed by atoms with E-state index in [0.717, 1.165) is 32.3 Å². The molecule has 114 valence electrons. The van der Waals surface area contributed by atoms with E-state index < -0.39 is 0 Å². The van der Waals surface area contributed by atoms with Crippen LogP contribution in [-0.2, 0) is 4.74 Å². The molecular weight excluding hydrogens is 292 g/mol. The van der Waals surface area contributed by atoms with Crippen LogP contribution in [0, 0.1) is 0 Å². The van der Waals surface area contributed by atoms with Crippen LogP contribution in [0.1, 0.15) is 37.7 Å². The molecule has 1 saturated heterocycles. The molecule has 1 unspecified atom stereocenters.